The molecule has 20 heavy (non-hydrogen) atoms. The van der Waals surface area contributed by atoms with Crippen molar-refractivity contribution in [1.82, 2.24) is 4.90 Å². The Morgan fingerprint density at radius 1 is 1.00 bits per heavy atom. The van der Waals surface area contributed by atoms with E-state index in [9.17, 15) is 0 Å². The lowest BCUT2D eigenvalue weighted by molar-refractivity contribution is 0.0820. The first-order chi connectivity index (χ1) is 9.72. The van der Waals surface area contributed by atoms with E-state index in [1.54, 1.807) is 0 Å². The molecule has 0 spiro atoms. The van der Waals surface area contributed by atoms with Gasteiger partial charge in [0.1, 0.15) is 0 Å². The first-order valence-corrected chi connectivity index (χ1v) is 7.90. The summed E-state index contributed by atoms with van der Waals surface area (Å²) in [5, 5.41) is 18.2. The Balaban J connectivity index is 1.57. The zero-order valence-electron chi connectivity index (χ0n) is 12.0. The van der Waals surface area contributed by atoms with Crippen molar-refractivity contribution in [2.45, 2.75) is 38.6 Å². The van der Waals surface area contributed by atoms with E-state index >= 15 is 0 Å². The molecule has 3 nitrogen and oxygen atoms in total. The quantitative estimate of drug-likeness (QED) is 0.818. The average Bonchev–Trinajstić information content (AvgIpc) is 2.48. The van der Waals surface area contributed by atoms with Crippen LogP contribution in [0.1, 0.15) is 37.7 Å². The van der Waals surface area contributed by atoms with Crippen LogP contribution >= 0.6 is 0 Å². The van der Waals surface area contributed by atoms with E-state index < -0.39 is 7.12 Å². The fourth-order valence-electron chi connectivity index (χ4n) is 3.87. The third-order valence-corrected chi connectivity index (χ3v) is 5.06. The lowest BCUT2D eigenvalue weighted by Crippen LogP contribution is -2.41. The average molecular weight is 273 g/mol. The Labute approximate surface area is 121 Å². The Kier molecular flexibility index (Phi) is 4.44. The summed E-state index contributed by atoms with van der Waals surface area (Å²) < 4.78 is 0. The van der Waals surface area contributed by atoms with Crippen molar-refractivity contribution >= 4 is 12.6 Å². The topological polar surface area (TPSA) is 43.7 Å². The van der Waals surface area contributed by atoms with Crippen LogP contribution in [0.15, 0.2) is 24.3 Å². The maximum absolute atomic E-state index is 9.11. The molecular weight excluding hydrogens is 249 g/mol. The Hall–Kier alpha value is -0.835. The van der Waals surface area contributed by atoms with Gasteiger partial charge in [0.05, 0.1) is 0 Å². The molecule has 0 amide bonds. The van der Waals surface area contributed by atoms with E-state index in [4.69, 9.17) is 10.0 Å². The predicted octanol–water partition coefficient (Wildman–Crippen LogP) is 1.38. The number of piperidine rings is 1. The highest BCUT2D eigenvalue weighted by Gasteiger charge is 2.30. The van der Waals surface area contributed by atoms with Crippen LogP contribution in [-0.4, -0.2) is 35.2 Å². The fourth-order valence-corrected chi connectivity index (χ4v) is 3.87. The highest BCUT2D eigenvalue weighted by atomic mass is 16.4. The zero-order chi connectivity index (χ0) is 13.9. The zero-order valence-corrected chi connectivity index (χ0v) is 12.0. The van der Waals surface area contributed by atoms with Crippen molar-refractivity contribution in [3.8, 4) is 0 Å². The van der Waals surface area contributed by atoms with Gasteiger partial charge in [-0.1, -0.05) is 43.5 Å². The van der Waals surface area contributed by atoms with Crippen molar-refractivity contribution in [1.29, 1.82) is 0 Å². The maximum Gasteiger partial charge on any atom is 0.488 e. The van der Waals surface area contributed by atoms with E-state index in [2.05, 4.69) is 4.90 Å². The van der Waals surface area contributed by atoms with Crippen molar-refractivity contribution in [2.24, 2.45) is 11.8 Å². The number of benzene rings is 1. The molecule has 2 N–H and O–H groups in total. The molecule has 1 saturated heterocycles. The SMILES string of the molecule is OB(O)c1ccc(CN2CCC3CCCCC3C2)cc1. The van der Waals surface area contributed by atoms with Gasteiger partial charge < -0.3 is 10.0 Å². The Bertz CT molecular complexity index is 435. The van der Waals surface area contributed by atoms with Gasteiger partial charge in [-0.3, -0.25) is 4.90 Å². The van der Waals surface area contributed by atoms with E-state index in [-0.39, 0.29) is 0 Å². The van der Waals surface area contributed by atoms with Crippen molar-refractivity contribution in [3.63, 3.8) is 0 Å². The van der Waals surface area contributed by atoms with E-state index in [1.807, 2.05) is 24.3 Å². The van der Waals surface area contributed by atoms with E-state index in [0.29, 0.717) is 5.46 Å². The van der Waals surface area contributed by atoms with Crippen LogP contribution in [0.5, 0.6) is 0 Å². The smallest absolute Gasteiger partial charge is 0.423 e. The molecule has 2 unspecified atom stereocenters. The second-order valence-electron chi connectivity index (χ2n) is 6.44. The predicted molar refractivity (Wildman–Crippen MR) is 81.6 cm³/mol. The van der Waals surface area contributed by atoms with Crippen LogP contribution in [-0.2, 0) is 6.54 Å². The molecule has 1 saturated carbocycles. The van der Waals surface area contributed by atoms with Crippen LogP contribution in [0.2, 0.25) is 0 Å². The molecule has 2 aliphatic rings. The summed E-state index contributed by atoms with van der Waals surface area (Å²) in [6.07, 6.45) is 7.07. The first kappa shape index (κ1) is 14.1. The van der Waals surface area contributed by atoms with Crippen LogP contribution < -0.4 is 5.46 Å². The molecule has 0 aromatic heterocycles. The molecule has 3 rings (SSSR count). The molecule has 1 heterocycles. The number of rotatable bonds is 3. The highest BCUT2D eigenvalue weighted by molar-refractivity contribution is 6.58. The molecule has 1 aliphatic carbocycles. The fraction of sp³-hybridized carbons (Fsp3) is 0.625. The van der Waals surface area contributed by atoms with Crippen LogP contribution in [0.25, 0.3) is 0 Å². The van der Waals surface area contributed by atoms with Gasteiger partial charge >= 0.3 is 7.12 Å². The minimum Gasteiger partial charge on any atom is -0.423 e. The van der Waals surface area contributed by atoms with Gasteiger partial charge in [0.25, 0.3) is 0 Å². The van der Waals surface area contributed by atoms with Crippen molar-refractivity contribution < 1.29 is 10.0 Å². The Morgan fingerprint density at radius 3 is 2.40 bits per heavy atom. The molecule has 2 atom stereocenters. The minimum atomic E-state index is -1.36. The summed E-state index contributed by atoms with van der Waals surface area (Å²) in [6, 6.07) is 7.66. The van der Waals surface area contributed by atoms with Gasteiger partial charge in [-0.05, 0) is 42.2 Å². The molecule has 1 aliphatic heterocycles. The van der Waals surface area contributed by atoms with Gasteiger partial charge in [0.2, 0.25) is 0 Å². The normalized spacial score (nSPS) is 27.1. The van der Waals surface area contributed by atoms with Gasteiger partial charge in [-0.15, -0.1) is 0 Å². The van der Waals surface area contributed by atoms with Crippen molar-refractivity contribution in [3.05, 3.63) is 29.8 Å². The first-order valence-electron chi connectivity index (χ1n) is 7.90. The van der Waals surface area contributed by atoms with Crippen LogP contribution in [0.3, 0.4) is 0 Å². The van der Waals surface area contributed by atoms with Gasteiger partial charge in [-0.2, -0.15) is 0 Å². The number of nitrogens with zero attached hydrogens (tertiary/aromatic N) is 1. The second kappa shape index (κ2) is 6.29. The summed E-state index contributed by atoms with van der Waals surface area (Å²) in [7, 11) is -1.36. The lowest BCUT2D eigenvalue weighted by atomic mass is 9.75. The minimum absolute atomic E-state index is 0.569. The monoisotopic (exact) mass is 273 g/mol. The Morgan fingerprint density at radius 2 is 1.70 bits per heavy atom. The third kappa shape index (κ3) is 3.25. The number of likely N-dealkylation sites (tertiary alicyclic amines) is 1. The number of hydrogen-bond donors (Lipinski definition) is 2. The van der Waals surface area contributed by atoms with E-state index in [1.165, 1.54) is 50.8 Å². The van der Waals surface area contributed by atoms with Gasteiger partial charge in [0, 0.05) is 13.1 Å². The van der Waals surface area contributed by atoms with Gasteiger partial charge in [-0.25, -0.2) is 0 Å². The number of hydrogen-bond acceptors (Lipinski definition) is 3. The summed E-state index contributed by atoms with van der Waals surface area (Å²) in [5.41, 5.74) is 1.84. The van der Waals surface area contributed by atoms with Gasteiger partial charge in [0.15, 0.2) is 0 Å². The standard InChI is InChI=1S/C16H24BNO2/c19-17(20)16-7-5-13(6-8-16)11-18-10-9-14-3-1-2-4-15(14)12-18/h5-8,14-15,19-20H,1-4,9-12H2. The molecule has 0 radical (unpaired) electrons. The van der Waals surface area contributed by atoms with Crippen LogP contribution in [0, 0.1) is 11.8 Å². The molecule has 2 fully saturated rings. The number of fused-ring (bicyclic) bond motifs is 1. The largest absolute Gasteiger partial charge is 0.488 e. The maximum atomic E-state index is 9.11. The third-order valence-electron chi connectivity index (χ3n) is 5.06. The molecule has 0 bridgehead atoms. The molecule has 108 valence electrons. The summed E-state index contributed by atoms with van der Waals surface area (Å²) >= 11 is 0. The lowest BCUT2D eigenvalue weighted by Gasteiger charge is -2.41. The summed E-state index contributed by atoms with van der Waals surface area (Å²) in [5.74, 6) is 1.89. The molecule has 1 aromatic carbocycles. The molecular formula is C16H24BNO2. The molecule has 4 heteroatoms. The summed E-state index contributed by atoms with van der Waals surface area (Å²) in [4.78, 5) is 2.57. The van der Waals surface area contributed by atoms with Crippen LogP contribution in [0.4, 0.5) is 0 Å². The van der Waals surface area contributed by atoms with E-state index in [0.717, 1.165) is 18.4 Å². The summed E-state index contributed by atoms with van der Waals surface area (Å²) in [6.45, 7) is 3.45. The second-order valence-corrected chi connectivity index (χ2v) is 6.44. The van der Waals surface area contributed by atoms with Crippen molar-refractivity contribution in [2.75, 3.05) is 13.1 Å². The molecule has 1 aromatic rings. The highest BCUT2D eigenvalue weighted by Crippen LogP contribution is 2.36.